The molecular weight excluding hydrogens is 226 g/mol. The molecule has 0 aliphatic carbocycles. The molecule has 2 rings (SSSR count). The van der Waals surface area contributed by atoms with Crippen LogP contribution in [0.1, 0.15) is 17.7 Å². The fraction of sp³-hybridized carbons (Fsp3) is 0.357. The smallest absolute Gasteiger partial charge is 0.119 e. The maximum atomic E-state index is 5.63. The van der Waals surface area contributed by atoms with Crippen LogP contribution in [0.2, 0.25) is 0 Å². The first-order chi connectivity index (χ1) is 8.81. The van der Waals surface area contributed by atoms with E-state index in [4.69, 9.17) is 10.5 Å². The molecule has 0 bridgehead atoms. The summed E-state index contributed by atoms with van der Waals surface area (Å²) in [6, 6.07) is 9.85. The number of benzene rings is 1. The summed E-state index contributed by atoms with van der Waals surface area (Å²) < 4.78 is 7.62. The largest absolute Gasteiger partial charge is 0.494 e. The van der Waals surface area contributed by atoms with Crippen LogP contribution in [0.25, 0.3) is 0 Å². The molecule has 0 aliphatic heterocycles. The fourth-order valence-electron chi connectivity index (χ4n) is 1.83. The Bertz CT molecular complexity index is 479. The third-order valence-corrected chi connectivity index (χ3v) is 2.95. The molecule has 0 amide bonds. The van der Waals surface area contributed by atoms with Gasteiger partial charge in [-0.25, -0.2) is 0 Å². The van der Waals surface area contributed by atoms with E-state index >= 15 is 0 Å². The number of nitrogens with two attached hydrogens (primary N) is 1. The van der Waals surface area contributed by atoms with Crippen molar-refractivity contribution < 1.29 is 4.74 Å². The van der Waals surface area contributed by atoms with E-state index in [1.165, 1.54) is 0 Å². The highest BCUT2D eigenvalue weighted by atomic mass is 16.5. The average Bonchev–Trinajstić information content (AvgIpc) is 2.77. The van der Waals surface area contributed by atoms with Crippen LogP contribution in [0.15, 0.2) is 36.5 Å². The van der Waals surface area contributed by atoms with Gasteiger partial charge in [-0.1, -0.05) is 18.2 Å². The molecular formula is C14H19N3O. The van der Waals surface area contributed by atoms with E-state index in [0.717, 1.165) is 30.0 Å². The van der Waals surface area contributed by atoms with E-state index in [0.29, 0.717) is 13.2 Å². The number of hydrogen-bond donors (Lipinski definition) is 1. The number of rotatable bonds is 6. The third-order valence-electron chi connectivity index (χ3n) is 2.95. The number of hydrogen-bond acceptors (Lipinski definition) is 3. The first kappa shape index (κ1) is 12.6. The van der Waals surface area contributed by atoms with Crippen LogP contribution < -0.4 is 10.5 Å². The second-order valence-electron chi connectivity index (χ2n) is 4.20. The molecule has 18 heavy (non-hydrogen) atoms. The molecule has 0 saturated heterocycles. The fourth-order valence-corrected chi connectivity index (χ4v) is 1.83. The molecule has 96 valence electrons. The van der Waals surface area contributed by atoms with Gasteiger partial charge in [0.2, 0.25) is 0 Å². The van der Waals surface area contributed by atoms with E-state index in [2.05, 4.69) is 5.10 Å². The van der Waals surface area contributed by atoms with Crippen LogP contribution in [-0.4, -0.2) is 16.4 Å². The SMILES string of the molecule is Cc1c(CN)cnn1CCCOc1ccccc1. The number of ether oxygens (including phenoxy) is 1. The zero-order valence-electron chi connectivity index (χ0n) is 10.7. The Balaban J connectivity index is 1.77. The Hall–Kier alpha value is -1.81. The second-order valence-corrected chi connectivity index (χ2v) is 4.20. The summed E-state index contributed by atoms with van der Waals surface area (Å²) in [5, 5.41) is 4.31. The first-order valence-electron chi connectivity index (χ1n) is 6.20. The molecule has 0 aliphatic rings. The Morgan fingerprint density at radius 1 is 1.28 bits per heavy atom. The number of aromatic nitrogens is 2. The average molecular weight is 245 g/mol. The molecule has 4 nitrogen and oxygen atoms in total. The zero-order chi connectivity index (χ0) is 12.8. The molecule has 0 fully saturated rings. The maximum Gasteiger partial charge on any atom is 0.119 e. The van der Waals surface area contributed by atoms with Crippen LogP contribution in [0.4, 0.5) is 0 Å². The summed E-state index contributed by atoms with van der Waals surface area (Å²) >= 11 is 0. The predicted molar refractivity (Wildman–Crippen MR) is 71.4 cm³/mol. The first-order valence-corrected chi connectivity index (χ1v) is 6.20. The lowest BCUT2D eigenvalue weighted by Crippen LogP contribution is -2.08. The lowest BCUT2D eigenvalue weighted by Gasteiger charge is -2.07. The van der Waals surface area contributed by atoms with Crippen molar-refractivity contribution in [2.45, 2.75) is 26.4 Å². The van der Waals surface area contributed by atoms with Gasteiger partial charge in [0.25, 0.3) is 0 Å². The predicted octanol–water partition coefficient (Wildman–Crippen LogP) is 2.12. The van der Waals surface area contributed by atoms with Crippen molar-refractivity contribution in [3.8, 4) is 5.75 Å². The monoisotopic (exact) mass is 245 g/mol. The molecule has 1 aromatic carbocycles. The van der Waals surface area contributed by atoms with Crippen molar-refractivity contribution in [1.29, 1.82) is 0 Å². The molecule has 1 heterocycles. The Morgan fingerprint density at radius 2 is 2.06 bits per heavy atom. The maximum absolute atomic E-state index is 5.63. The molecule has 0 saturated carbocycles. The summed E-state index contributed by atoms with van der Waals surface area (Å²) in [6.07, 6.45) is 2.77. The summed E-state index contributed by atoms with van der Waals surface area (Å²) in [6.45, 7) is 4.15. The van der Waals surface area contributed by atoms with Crippen molar-refractivity contribution in [2.24, 2.45) is 5.73 Å². The van der Waals surface area contributed by atoms with Gasteiger partial charge in [0.05, 0.1) is 12.8 Å². The van der Waals surface area contributed by atoms with Gasteiger partial charge in [-0.05, 0) is 19.1 Å². The molecule has 0 radical (unpaired) electrons. The zero-order valence-corrected chi connectivity index (χ0v) is 10.7. The second kappa shape index (κ2) is 6.21. The van der Waals surface area contributed by atoms with E-state index in [1.807, 2.05) is 48.1 Å². The van der Waals surface area contributed by atoms with Crippen molar-refractivity contribution in [3.05, 3.63) is 47.8 Å². The van der Waals surface area contributed by atoms with E-state index < -0.39 is 0 Å². The molecule has 0 spiro atoms. The quantitative estimate of drug-likeness (QED) is 0.793. The van der Waals surface area contributed by atoms with Gasteiger partial charge in [0.1, 0.15) is 5.75 Å². The van der Waals surface area contributed by atoms with Gasteiger partial charge in [0.15, 0.2) is 0 Å². The number of aryl methyl sites for hydroxylation is 1. The lowest BCUT2D eigenvalue weighted by molar-refractivity contribution is 0.298. The van der Waals surface area contributed by atoms with Crippen LogP contribution in [-0.2, 0) is 13.1 Å². The molecule has 0 atom stereocenters. The minimum Gasteiger partial charge on any atom is -0.494 e. The molecule has 2 aromatic rings. The molecule has 0 unspecified atom stereocenters. The van der Waals surface area contributed by atoms with Gasteiger partial charge in [-0.3, -0.25) is 4.68 Å². The minimum atomic E-state index is 0.548. The summed E-state index contributed by atoms with van der Waals surface area (Å²) in [7, 11) is 0. The summed E-state index contributed by atoms with van der Waals surface area (Å²) in [5.41, 5.74) is 7.88. The summed E-state index contributed by atoms with van der Waals surface area (Å²) in [4.78, 5) is 0. The molecule has 4 heteroatoms. The van der Waals surface area contributed by atoms with Crippen LogP contribution in [0, 0.1) is 6.92 Å². The number of nitrogens with zero attached hydrogens (tertiary/aromatic N) is 2. The van der Waals surface area contributed by atoms with Crippen molar-refractivity contribution in [3.63, 3.8) is 0 Å². The van der Waals surface area contributed by atoms with E-state index in [-0.39, 0.29) is 0 Å². The minimum absolute atomic E-state index is 0.548. The van der Waals surface area contributed by atoms with Crippen LogP contribution in [0.5, 0.6) is 5.75 Å². The van der Waals surface area contributed by atoms with Crippen molar-refractivity contribution in [2.75, 3.05) is 6.61 Å². The summed E-state index contributed by atoms with van der Waals surface area (Å²) in [5.74, 6) is 0.914. The van der Waals surface area contributed by atoms with Crippen LogP contribution >= 0.6 is 0 Å². The van der Waals surface area contributed by atoms with Gasteiger partial charge in [0, 0.05) is 30.8 Å². The lowest BCUT2D eigenvalue weighted by atomic mass is 10.2. The standard InChI is InChI=1S/C14H19N3O/c1-12-13(10-15)11-16-17(12)8-5-9-18-14-6-3-2-4-7-14/h2-4,6-7,11H,5,8-10,15H2,1H3. The van der Waals surface area contributed by atoms with Gasteiger partial charge in [-0.2, -0.15) is 5.10 Å². The van der Waals surface area contributed by atoms with Crippen molar-refractivity contribution >= 4 is 0 Å². The Labute approximate surface area is 107 Å². The molecule has 1 aromatic heterocycles. The Kier molecular flexibility index (Phi) is 4.36. The highest BCUT2D eigenvalue weighted by Crippen LogP contribution is 2.10. The highest BCUT2D eigenvalue weighted by Gasteiger charge is 2.04. The van der Waals surface area contributed by atoms with E-state index in [1.54, 1.807) is 0 Å². The normalized spacial score (nSPS) is 10.6. The van der Waals surface area contributed by atoms with Crippen LogP contribution in [0.3, 0.4) is 0 Å². The third kappa shape index (κ3) is 3.11. The van der Waals surface area contributed by atoms with E-state index in [9.17, 15) is 0 Å². The molecule has 2 N–H and O–H groups in total. The Morgan fingerprint density at radius 3 is 2.72 bits per heavy atom. The highest BCUT2D eigenvalue weighted by molar-refractivity contribution is 5.20. The van der Waals surface area contributed by atoms with Gasteiger partial charge >= 0.3 is 0 Å². The topological polar surface area (TPSA) is 53.1 Å². The van der Waals surface area contributed by atoms with Gasteiger partial charge in [-0.15, -0.1) is 0 Å². The van der Waals surface area contributed by atoms with Gasteiger partial charge < -0.3 is 10.5 Å². The number of para-hydroxylation sites is 1. The van der Waals surface area contributed by atoms with Crippen molar-refractivity contribution in [1.82, 2.24) is 9.78 Å².